The van der Waals surface area contributed by atoms with Gasteiger partial charge in [-0.3, -0.25) is 0 Å². The number of nitrogens with zero attached hydrogens (tertiary/aromatic N) is 1. The molecule has 0 heterocycles. The van der Waals surface area contributed by atoms with Gasteiger partial charge < -0.3 is 10.3 Å². The lowest BCUT2D eigenvalue weighted by atomic mass is 10.1. The van der Waals surface area contributed by atoms with E-state index < -0.39 is 12.0 Å². The van der Waals surface area contributed by atoms with E-state index in [2.05, 4.69) is 0 Å². The third kappa shape index (κ3) is 3.09. The largest absolute Gasteiger partial charge is 0.623 e. The summed E-state index contributed by atoms with van der Waals surface area (Å²) >= 11 is 0. The van der Waals surface area contributed by atoms with E-state index in [1.165, 1.54) is 13.1 Å². The molecule has 0 aliphatic carbocycles. The quantitative estimate of drug-likeness (QED) is 0.350. The molecule has 0 aromatic heterocycles. The van der Waals surface area contributed by atoms with Crippen LogP contribution in [0.4, 0.5) is 0 Å². The molecule has 4 heteroatoms. The molecule has 1 rings (SSSR count). The molecule has 1 atom stereocenters. The molecule has 4 nitrogen and oxygen atoms in total. The lowest BCUT2D eigenvalue weighted by Gasteiger charge is -2.12. The van der Waals surface area contributed by atoms with Gasteiger partial charge in [-0.15, -0.1) is 0 Å². The molecule has 1 aromatic rings. The molecule has 80 valence electrons. The van der Waals surface area contributed by atoms with Gasteiger partial charge in [0.15, 0.2) is 0 Å². The molecule has 0 aliphatic rings. The minimum absolute atomic E-state index is 0.212. The second-order valence-corrected chi connectivity index (χ2v) is 3.16. The zero-order valence-electron chi connectivity index (χ0n) is 8.46. The molecule has 15 heavy (non-hydrogen) atoms. The van der Waals surface area contributed by atoms with Crippen LogP contribution < -0.4 is 0 Å². The lowest BCUT2D eigenvalue weighted by Crippen LogP contribution is -2.33. The van der Waals surface area contributed by atoms with Crippen molar-refractivity contribution < 1.29 is 14.6 Å². The van der Waals surface area contributed by atoms with Crippen molar-refractivity contribution in [1.82, 2.24) is 0 Å². The summed E-state index contributed by atoms with van der Waals surface area (Å²) in [4.78, 5) is 10.8. The Kier molecular flexibility index (Phi) is 3.85. The number of carboxylic acid groups (broad SMARTS) is 1. The van der Waals surface area contributed by atoms with E-state index in [1.54, 1.807) is 12.1 Å². The van der Waals surface area contributed by atoms with Crippen LogP contribution in [0.1, 0.15) is 12.5 Å². The first-order valence-electron chi connectivity index (χ1n) is 4.67. The summed E-state index contributed by atoms with van der Waals surface area (Å²) in [6.45, 7) is 1.52. The van der Waals surface area contributed by atoms with E-state index in [0.717, 1.165) is 5.56 Å². The highest BCUT2D eigenvalue weighted by atomic mass is 16.5. The number of hydroxylamine groups is 1. The zero-order valence-corrected chi connectivity index (χ0v) is 8.46. The van der Waals surface area contributed by atoms with Gasteiger partial charge >= 0.3 is 5.97 Å². The monoisotopic (exact) mass is 207 g/mol. The molecule has 0 bridgehead atoms. The van der Waals surface area contributed by atoms with Crippen LogP contribution in [0.15, 0.2) is 30.3 Å². The van der Waals surface area contributed by atoms with Crippen molar-refractivity contribution in [3.8, 4) is 0 Å². The van der Waals surface area contributed by atoms with Gasteiger partial charge in [0.2, 0.25) is 0 Å². The van der Waals surface area contributed by atoms with Gasteiger partial charge in [-0.25, -0.2) is 9.53 Å². The van der Waals surface area contributed by atoms with Crippen LogP contribution in [0.3, 0.4) is 0 Å². The van der Waals surface area contributed by atoms with E-state index in [4.69, 9.17) is 5.11 Å². The summed E-state index contributed by atoms with van der Waals surface area (Å²) in [6, 6.07) is 8.05. The van der Waals surface area contributed by atoms with Gasteiger partial charge in [0.25, 0.3) is 6.04 Å². The number of hydrogen-bond acceptors (Lipinski definition) is 2. The maximum atomic E-state index is 11.2. The topological polar surface area (TPSA) is 63.4 Å². The highest BCUT2D eigenvalue weighted by Gasteiger charge is 2.24. The predicted octanol–water partition coefficient (Wildman–Crippen LogP) is 1.28. The maximum Gasteiger partial charge on any atom is 0.374 e. The summed E-state index contributed by atoms with van der Waals surface area (Å²) in [5.74, 6) is -1.10. The van der Waals surface area contributed by atoms with E-state index in [-0.39, 0.29) is 6.42 Å². The summed E-state index contributed by atoms with van der Waals surface area (Å²) in [6.07, 6.45) is 1.44. The van der Waals surface area contributed by atoms with Crippen molar-refractivity contribution >= 4 is 12.2 Å². The number of aliphatic carboxylic acids is 1. The Morgan fingerprint density at radius 1 is 1.53 bits per heavy atom. The minimum atomic E-state index is -1.10. The fourth-order valence-electron chi connectivity index (χ4n) is 1.30. The Labute approximate surface area is 88.1 Å². The summed E-state index contributed by atoms with van der Waals surface area (Å²) < 4.78 is 0.468. The molecule has 1 N–H and O–H groups in total. The zero-order chi connectivity index (χ0) is 11.3. The van der Waals surface area contributed by atoms with Crippen molar-refractivity contribution in [2.45, 2.75) is 19.4 Å². The standard InChI is InChI=1S/C11H13NO3/c1-2-12(15)10(11(13)14)8-9-6-4-3-5-7-9/h2-7,10H,8H2,1H3,(H,13,14)/b12-2-. The van der Waals surface area contributed by atoms with Crippen LogP contribution in [-0.2, 0) is 11.2 Å². The number of benzene rings is 1. The van der Waals surface area contributed by atoms with Gasteiger partial charge in [0, 0.05) is 13.3 Å². The predicted molar refractivity (Wildman–Crippen MR) is 56.9 cm³/mol. The van der Waals surface area contributed by atoms with Crippen molar-refractivity contribution in [3.63, 3.8) is 0 Å². The third-order valence-corrected chi connectivity index (χ3v) is 2.12. The van der Waals surface area contributed by atoms with Crippen LogP contribution in [-0.4, -0.2) is 28.1 Å². The van der Waals surface area contributed by atoms with Gasteiger partial charge in [-0.05, 0) is 5.56 Å². The van der Waals surface area contributed by atoms with Gasteiger partial charge in [0.05, 0.1) is 0 Å². The summed E-state index contributed by atoms with van der Waals surface area (Å²) in [7, 11) is 0. The fraction of sp³-hybridized carbons (Fsp3) is 0.273. The van der Waals surface area contributed by atoms with Crippen molar-refractivity contribution in [1.29, 1.82) is 0 Å². The number of hydrogen-bond donors (Lipinski definition) is 1. The van der Waals surface area contributed by atoms with Crippen LogP contribution in [0.25, 0.3) is 0 Å². The average molecular weight is 207 g/mol. The SMILES string of the molecule is C/C=[N+](\[O-])C(Cc1ccccc1)C(=O)O. The number of rotatable bonds is 4. The highest BCUT2D eigenvalue weighted by Crippen LogP contribution is 2.05. The molecule has 0 amide bonds. The molecule has 0 aliphatic heterocycles. The first-order chi connectivity index (χ1) is 7.15. The third-order valence-electron chi connectivity index (χ3n) is 2.12. The van der Waals surface area contributed by atoms with E-state index >= 15 is 0 Å². The second-order valence-electron chi connectivity index (χ2n) is 3.16. The normalized spacial score (nSPS) is 13.5. The molecule has 1 unspecified atom stereocenters. The van der Waals surface area contributed by atoms with E-state index in [0.29, 0.717) is 4.74 Å². The first kappa shape index (κ1) is 11.2. The molecule has 0 fully saturated rings. The summed E-state index contributed by atoms with van der Waals surface area (Å²) in [5.41, 5.74) is 0.840. The minimum Gasteiger partial charge on any atom is -0.623 e. The van der Waals surface area contributed by atoms with Crippen molar-refractivity contribution in [3.05, 3.63) is 41.1 Å². The second kappa shape index (κ2) is 5.14. The Bertz CT molecular complexity index is 359. The van der Waals surface area contributed by atoms with E-state index in [9.17, 15) is 10.0 Å². The fourth-order valence-corrected chi connectivity index (χ4v) is 1.30. The molecular formula is C11H13NO3. The smallest absolute Gasteiger partial charge is 0.374 e. The highest BCUT2D eigenvalue weighted by molar-refractivity contribution is 5.73. The van der Waals surface area contributed by atoms with Gasteiger partial charge in [-0.2, -0.15) is 0 Å². The molecule has 0 saturated heterocycles. The first-order valence-corrected chi connectivity index (χ1v) is 4.67. The van der Waals surface area contributed by atoms with Crippen LogP contribution in [0, 0.1) is 5.21 Å². The van der Waals surface area contributed by atoms with Crippen LogP contribution >= 0.6 is 0 Å². The molecule has 1 aromatic carbocycles. The molecule has 0 saturated carbocycles. The number of carbonyl (C=O) groups is 1. The van der Waals surface area contributed by atoms with Crippen molar-refractivity contribution in [2.24, 2.45) is 0 Å². The van der Waals surface area contributed by atoms with Crippen molar-refractivity contribution in [2.75, 3.05) is 0 Å². The average Bonchev–Trinajstić information content (AvgIpc) is 2.26. The van der Waals surface area contributed by atoms with Crippen LogP contribution in [0.5, 0.6) is 0 Å². The Morgan fingerprint density at radius 2 is 2.13 bits per heavy atom. The summed E-state index contributed by atoms with van der Waals surface area (Å²) in [5, 5.41) is 20.1. The van der Waals surface area contributed by atoms with E-state index in [1.807, 2.05) is 18.2 Å². The Morgan fingerprint density at radius 3 is 2.60 bits per heavy atom. The van der Waals surface area contributed by atoms with Gasteiger partial charge in [-0.1, -0.05) is 30.3 Å². The number of carboxylic acids is 1. The lowest BCUT2D eigenvalue weighted by molar-refractivity contribution is -0.484. The molecular weight excluding hydrogens is 194 g/mol. The molecule has 0 spiro atoms. The molecule has 0 radical (unpaired) electrons. The van der Waals surface area contributed by atoms with Crippen LogP contribution in [0.2, 0.25) is 0 Å². The Balaban J connectivity index is 2.81. The van der Waals surface area contributed by atoms with Gasteiger partial charge in [0.1, 0.15) is 6.21 Å². The Hall–Kier alpha value is -1.84. The maximum absolute atomic E-state index is 11.2.